The van der Waals surface area contributed by atoms with Crippen LogP contribution in [0.1, 0.15) is 51.2 Å². The maximum absolute atomic E-state index is 6.02. The Hall–Kier alpha value is -0.830. The van der Waals surface area contributed by atoms with Gasteiger partial charge in [0.2, 0.25) is 0 Å². The molecule has 4 heteroatoms. The summed E-state index contributed by atoms with van der Waals surface area (Å²) in [4.78, 5) is 2.36. The largest absolute Gasteiger partial charge is 0.352 e. The molecule has 1 aromatic rings. The van der Waals surface area contributed by atoms with Gasteiger partial charge in [-0.25, -0.2) is 0 Å². The van der Waals surface area contributed by atoms with Crippen molar-refractivity contribution >= 4 is 17.4 Å². The molecule has 1 aromatic heterocycles. The minimum Gasteiger partial charge on any atom is -0.352 e. The number of hydrogen-bond acceptors (Lipinski definition) is 3. The zero-order valence-corrected chi connectivity index (χ0v) is 12.9. The fraction of sp³-hybridized carbons (Fsp3) is 0.714. The minimum absolute atomic E-state index is 0.477. The average molecular weight is 270 g/mol. The van der Waals surface area contributed by atoms with Crippen LogP contribution in [0.2, 0.25) is 5.15 Å². The predicted molar refractivity (Wildman–Crippen MR) is 78.5 cm³/mol. The lowest BCUT2D eigenvalue weighted by molar-refractivity contribution is 0.584. The fourth-order valence-corrected chi connectivity index (χ4v) is 2.10. The highest BCUT2D eigenvalue weighted by Gasteiger charge is 2.18. The Labute approximate surface area is 116 Å². The van der Waals surface area contributed by atoms with Crippen molar-refractivity contribution in [2.24, 2.45) is 0 Å². The van der Waals surface area contributed by atoms with Gasteiger partial charge in [0.25, 0.3) is 0 Å². The molecule has 1 heterocycles. The summed E-state index contributed by atoms with van der Waals surface area (Å²) in [5.74, 6) is 0.986. The summed E-state index contributed by atoms with van der Waals surface area (Å²) in [5.41, 5.74) is 2.18. The SMILES string of the molecule is CCCCN(c1nnc(Cl)c(C)c1C)C(C)CC. The van der Waals surface area contributed by atoms with Crippen LogP contribution in [0.15, 0.2) is 0 Å². The molecule has 0 aliphatic heterocycles. The molecule has 1 unspecified atom stereocenters. The standard InChI is InChI=1S/C14H24ClN3/c1-6-8-9-18(10(3)7-2)14-12(5)11(4)13(15)16-17-14/h10H,6-9H2,1-5H3. The molecule has 0 saturated carbocycles. The fourth-order valence-electron chi connectivity index (χ4n) is 1.92. The third-order valence-electron chi connectivity index (χ3n) is 3.59. The van der Waals surface area contributed by atoms with Crippen LogP contribution in [0.5, 0.6) is 0 Å². The van der Waals surface area contributed by atoms with E-state index in [2.05, 4.69) is 42.8 Å². The van der Waals surface area contributed by atoms with Crippen LogP contribution in [0.4, 0.5) is 5.82 Å². The third kappa shape index (κ3) is 3.35. The zero-order valence-electron chi connectivity index (χ0n) is 12.1. The molecule has 102 valence electrons. The first kappa shape index (κ1) is 15.2. The number of unbranched alkanes of at least 4 members (excludes halogenated alkanes) is 1. The van der Waals surface area contributed by atoms with Gasteiger partial charge in [-0.15, -0.1) is 10.2 Å². The number of halogens is 1. The molecule has 0 aliphatic rings. The third-order valence-corrected chi connectivity index (χ3v) is 3.95. The zero-order chi connectivity index (χ0) is 13.7. The Morgan fingerprint density at radius 3 is 2.39 bits per heavy atom. The van der Waals surface area contributed by atoms with Crippen LogP contribution in [-0.2, 0) is 0 Å². The van der Waals surface area contributed by atoms with Crippen molar-refractivity contribution in [1.29, 1.82) is 0 Å². The number of nitrogens with zero attached hydrogens (tertiary/aromatic N) is 3. The Morgan fingerprint density at radius 1 is 1.17 bits per heavy atom. The summed E-state index contributed by atoms with van der Waals surface area (Å²) in [6, 6.07) is 0.477. The molecule has 0 amide bonds. The van der Waals surface area contributed by atoms with E-state index in [1.54, 1.807) is 0 Å². The first-order chi connectivity index (χ1) is 8.52. The molecule has 0 N–H and O–H groups in total. The van der Waals surface area contributed by atoms with Crippen LogP contribution < -0.4 is 4.90 Å². The summed E-state index contributed by atoms with van der Waals surface area (Å²) in [6.07, 6.45) is 3.46. The summed E-state index contributed by atoms with van der Waals surface area (Å²) in [7, 11) is 0. The molecule has 0 aromatic carbocycles. The van der Waals surface area contributed by atoms with Gasteiger partial charge in [-0.2, -0.15) is 0 Å². The molecule has 0 radical (unpaired) electrons. The minimum atomic E-state index is 0.477. The molecule has 1 rings (SSSR count). The van der Waals surface area contributed by atoms with Gasteiger partial charge >= 0.3 is 0 Å². The lowest BCUT2D eigenvalue weighted by Gasteiger charge is -2.30. The van der Waals surface area contributed by atoms with Crippen LogP contribution in [0.3, 0.4) is 0 Å². The molecule has 0 aliphatic carbocycles. The smallest absolute Gasteiger partial charge is 0.155 e. The van der Waals surface area contributed by atoms with Gasteiger partial charge in [0, 0.05) is 12.6 Å². The Bertz CT molecular complexity index is 393. The van der Waals surface area contributed by atoms with Gasteiger partial charge in [-0.1, -0.05) is 31.9 Å². The number of rotatable bonds is 6. The Balaban J connectivity index is 3.08. The molecule has 0 fully saturated rings. The quantitative estimate of drug-likeness (QED) is 0.777. The van der Waals surface area contributed by atoms with Crippen molar-refractivity contribution < 1.29 is 0 Å². The van der Waals surface area contributed by atoms with E-state index < -0.39 is 0 Å². The average Bonchev–Trinajstić information content (AvgIpc) is 2.38. The monoisotopic (exact) mass is 269 g/mol. The summed E-state index contributed by atoms with van der Waals surface area (Å²) in [5, 5.41) is 8.87. The van der Waals surface area contributed by atoms with Crippen LogP contribution >= 0.6 is 11.6 Å². The second kappa shape index (κ2) is 6.93. The van der Waals surface area contributed by atoms with Gasteiger partial charge < -0.3 is 4.90 Å². The molecule has 18 heavy (non-hydrogen) atoms. The number of aromatic nitrogens is 2. The van der Waals surface area contributed by atoms with Crippen molar-refractivity contribution in [3.8, 4) is 0 Å². The van der Waals surface area contributed by atoms with Crippen LogP contribution in [-0.4, -0.2) is 22.8 Å². The highest BCUT2D eigenvalue weighted by molar-refractivity contribution is 6.30. The molecular formula is C14H24ClN3. The number of hydrogen-bond donors (Lipinski definition) is 0. The summed E-state index contributed by atoms with van der Waals surface area (Å²) in [6.45, 7) is 11.8. The first-order valence-corrected chi connectivity index (χ1v) is 7.16. The normalized spacial score (nSPS) is 12.6. The number of anilines is 1. The molecule has 3 nitrogen and oxygen atoms in total. The Morgan fingerprint density at radius 2 is 1.83 bits per heavy atom. The van der Waals surface area contributed by atoms with Gasteiger partial charge in [-0.05, 0) is 44.7 Å². The van der Waals surface area contributed by atoms with E-state index in [-0.39, 0.29) is 0 Å². The van der Waals surface area contributed by atoms with E-state index in [1.165, 1.54) is 12.8 Å². The van der Waals surface area contributed by atoms with E-state index in [9.17, 15) is 0 Å². The van der Waals surface area contributed by atoms with Gasteiger partial charge in [0.1, 0.15) is 0 Å². The van der Waals surface area contributed by atoms with Gasteiger partial charge in [0.05, 0.1) is 0 Å². The maximum Gasteiger partial charge on any atom is 0.155 e. The lowest BCUT2D eigenvalue weighted by Crippen LogP contribution is -2.35. The highest BCUT2D eigenvalue weighted by atomic mass is 35.5. The molecule has 0 bridgehead atoms. The van der Waals surface area contributed by atoms with E-state index in [1.807, 2.05) is 6.92 Å². The molecule has 0 saturated heterocycles. The van der Waals surface area contributed by atoms with Crippen molar-refractivity contribution in [2.45, 2.75) is 59.9 Å². The molecule has 1 atom stereocenters. The van der Waals surface area contributed by atoms with E-state index in [0.717, 1.165) is 29.9 Å². The van der Waals surface area contributed by atoms with Crippen LogP contribution in [0, 0.1) is 13.8 Å². The summed E-state index contributed by atoms with van der Waals surface area (Å²) >= 11 is 6.02. The van der Waals surface area contributed by atoms with Crippen molar-refractivity contribution in [3.05, 3.63) is 16.3 Å². The van der Waals surface area contributed by atoms with Crippen LogP contribution in [0.25, 0.3) is 0 Å². The highest BCUT2D eigenvalue weighted by Crippen LogP contribution is 2.26. The topological polar surface area (TPSA) is 29.0 Å². The second-order valence-electron chi connectivity index (χ2n) is 4.87. The van der Waals surface area contributed by atoms with Crippen molar-refractivity contribution in [2.75, 3.05) is 11.4 Å². The van der Waals surface area contributed by atoms with Crippen molar-refractivity contribution in [1.82, 2.24) is 10.2 Å². The lowest BCUT2D eigenvalue weighted by atomic mass is 10.1. The first-order valence-electron chi connectivity index (χ1n) is 6.78. The van der Waals surface area contributed by atoms with E-state index >= 15 is 0 Å². The molecule has 0 spiro atoms. The Kier molecular flexibility index (Phi) is 5.86. The van der Waals surface area contributed by atoms with Gasteiger partial charge in [-0.3, -0.25) is 0 Å². The maximum atomic E-state index is 6.02. The second-order valence-corrected chi connectivity index (χ2v) is 5.23. The molecular weight excluding hydrogens is 246 g/mol. The van der Waals surface area contributed by atoms with Gasteiger partial charge in [0.15, 0.2) is 11.0 Å². The van der Waals surface area contributed by atoms with E-state index in [4.69, 9.17) is 11.6 Å². The van der Waals surface area contributed by atoms with Crippen molar-refractivity contribution in [3.63, 3.8) is 0 Å². The predicted octanol–water partition coefficient (Wildman–Crippen LogP) is 4.15. The van der Waals surface area contributed by atoms with E-state index in [0.29, 0.717) is 11.2 Å². The summed E-state index contributed by atoms with van der Waals surface area (Å²) < 4.78 is 0.